The van der Waals surface area contributed by atoms with Crippen molar-refractivity contribution in [2.75, 3.05) is 18.4 Å². The topological polar surface area (TPSA) is 71.3 Å². The molecule has 0 spiro atoms. The number of rotatable bonds is 2. The van der Waals surface area contributed by atoms with Crippen LogP contribution < -0.4 is 5.32 Å². The number of nitrogens with zero attached hydrogens (tertiary/aromatic N) is 3. The van der Waals surface area contributed by atoms with Crippen molar-refractivity contribution in [3.63, 3.8) is 0 Å². The number of nitrogens with one attached hydrogen (secondary N) is 1. The van der Waals surface area contributed by atoms with Gasteiger partial charge < -0.3 is 9.32 Å². The second-order valence-electron chi connectivity index (χ2n) is 6.03. The number of anilines is 1. The van der Waals surface area contributed by atoms with Crippen LogP contribution in [0.15, 0.2) is 34.1 Å². The van der Waals surface area contributed by atoms with E-state index in [0.717, 1.165) is 42.1 Å². The first-order valence-corrected chi connectivity index (χ1v) is 8.90. The Morgan fingerprint density at radius 2 is 2.25 bits per heavy atom. The quantitative estimate of drug-likeness (QED) is 0.764. The van der Waals surface area contributed by atoms with Gasteiger partial charge in [-0.2, -0.15) is 0 Å². The lowest BCUT2D eigenvalue weighted by atomic mass is 9.98. The highest BCUT2D eigenvalue weighted by Gasteiger charge is 2.28. The van der Waals surface area contributed by atoms with Crippen LogP contribution in [-0.4, -0.2) is 34.0 Å². The lowest BCUT2D eigenvalue weighted by Crippen LogP contribution is -2.41. The van der Waals surface area contributed by atoms with Crippen LogP contribution in [0.25, 0.3) is 11.1 Å². The molecule has 0 bridgehead atoms. The van der Waals surface area contributed by atoms with Gasteiger partial charge in [-0.1, -0.05) is 12.1 Å². The van der Waals surface area contributed by atoms with Gasteiger partial charge in [0.2, 0.25) is 0 Å². The molecule has 1 aliphatic heterocycles. The average molecular weight is 342 g/mol. The number of fused-ring (bicyclic) bond motifs is 1. The molecule has 0 aliphatic carbocycles. The van der Waals surface area contributed by atoms with Crippen molar-refractivity contribution in [2.45, 2.75) is 25.7 Å². The second kappa shape index (κ2) is 6.24. The van der Waals surface area contributed by atoms with Crippen molar-refractivity contribution in [3.8, 4) is 0 Å². The maximum Gasteiger partial charge on any atom is 0.323 e. The van der Waals surface area contributed by atoms with Crippen LogP contribution in [0, 0.1) is 6.92 Å². The number of hydrogen-bond acceptors (Lipinski definition) is 5. The molecule has 1 saturated heterocycles. The van der Waals surface area contributed by atoms with Gasteiger partial charge in [-0.3, -0.25) is 5.32 Å². The maximum absolute atomic E-state index is 12.5. The van der Waals surface area contributed by atoms with Gasteiger partial charge in [-0.05, 0) is 31.9 Å². The molecule has 1 atom stereocenters. The number of aryl methyl sites for hydroxylation is 1. The summed E-state index contributed by atoms with van der Waals surface area (Å²) < 4.78 is 5.88. The molecule has 4 rings (SSSR count). The van der Waals surface area contributed by atoms with Crippen LogP contribution in [0.4, 0.5) is 9.93 Å². The summed E-state index contributed by atoms with van der Waals surface area (Å²) in [6, 6.07) is 7.65. The zero-order valence-electron chi connectivity index (χ0n) is 13.4. The summed E-state index contributed by atoms with van der Waals surface area (Å²) >= 11 is 1.44. The summed E-state index contributed by atoms with van der Waals surface area (Å²) in [7, 11) is 0. The van der Waals surface area contributed by atoms with Gasteiger partial charge in [-0.25, -0.2) is 14.8 Å². The van der Waals surface area contributed by atoms with E-state index in [0.29, 0.717) is 11.7 Å². The number of likely N-dealkylation sites (tertiary alicyclic amines) is 1. The zero-order valence-corrected chi connectivity index (χ0v) is 14.2. The monoisotopic (exact) mass is 342 g/mol. The first kappa shape index (κ1) is 15.1. The normalized spacial score (nSPS) is 18.0. The third kappa shape index (κ3) is 2.99. The number of piperidine rings is 1. The largest absolute Gasteiger partial charge is 0.440 e. The fourth-order valence-corrected chi connectivity index (χ4v) is 3.69. The zero-order chi connectivity index (χ0) is 16.5. The summed E-state index contributed by atoms with van der Waals surface area (Å²) in [4.78, 5) is 23.1. The number of para-hydroxylation sites is 2. The number of oxazole rings is 1. The highest BCUT2D eigenvalue weighted by atomic mass is 32.1. The molecule has 1 aliphatic rings. The van der Waals surface area contributed by atoms with E-state index in [2.05, 4.69) is 15.3 Å². The number of thiazole rings is 1. The van der Waals surface area contributed by atoms with Crippen LogP contribution in [-0.2, 0) is 0 Å². The van der Waals surface area contributed by atoms with Gasteiger partial charge in [0.1, 0.15) is 5.52 Å². The molecule has 0 radical (unpaired) electrons. The van der Waals surface area contributed by atoms with Crippen molar-refractivity contribution in [2.24, 2.45) is 0 Å². The SMILES string of the molecule is Cc1csc(NC(=O)N2CCCC(c3nc4ccccc4o3)C2)n1. The van der Waals surface area contributed by atoms with Crippen molar-refractivity contribution < 1.29 is 9.21 Å². The van der Waals surface area contributed by atoms with Crippen LogP contribution in [0.5, 0.6) is 0 Å². The van der Waals surface area contributed by atoms with Crippen LogP contribution >= 0.6 is 11.3 Å². The fraction of sp³-hybridized carbons (Fsp3) is 0.353. The molecule has 1 aromatic carbocycles. The van der Waals surface area contributed by atoms with E-state index < -0.39 is 0 Å². The van der Waals surface area contributed by atoms with Crippen molar-refractivity contribution in [3.05, 3.63) is 41.2 Å². The Balaban J connectivity index is 1.47. The van der Waals surface area contributed by atoms with Crippen molar-refractivity contribution in [1.29, 1.82) is 0 Å². The number of hydrogen-bond donors (Lipinski definition) is 1. The Morgan fingerprint density at radius 3 is 3.04 bits per heavy atom. The molecule has 24 heavy (non-hydrogen) atoms. The first-order valence-electron chi connectivity index (χ1n) is 8.02. The minimum Gasteiger partial charge on any atom is -0.440 e. The van der Waals surface area contributed by atoms with Crippen LogP contribution in [0.2, 0.25) is 0 Å². The Kier molecular flexibility index (Phi) is 3.93. The number of benzene rings is 1. The van der Waals surface area contributed by atoms with E-state index in [4.69, 9.17) is 4.42 Å². The summed E-state index contributed by atoms with van der Waals surface area (Å²) in [5, 5.41) is 5.44. The number of carbonyl (C=O) groups excluding carboxylic acids is 1. The van der Waals surface area contributed by atoms with E-state index in [9.17, 15) is 4.79 Å². The predicted octanol–water partition coefficient (Wildman–Crippen LogP) is 4.00. The maximum atomic E-state index is 12.5. The molecule has 1 unspecified atom stereocenters. The second-order valence-corrected chi connectivity index (χ2v) is 6.89. The molecular formula is C17H18N4O2S. The number of aromatic nitrogens is 2. The van der Waals surface area contributed by atoms with Crippen LogP contribution in [0.1, 0.15) is 30.3 Å². The molecule has 124 valence electrons. The molecular weight excluding hydrogens is 324 g/mol. The molecule has 2 aromatic heterocycles. The van der Waals surface area contributed by atoms with E-state index >= 15 is 0 Å². The van der Waals surface area contributed by atoms with Crippen molar-refractivity contribution >= 4 is 33.6 Å². The highest BCUT2D eigenvalue weighted by Crippen LogP contribution is 2.29. The summed E-state index contributed by atoms with van der Waals surface area (Å²) in [5.41, 5.74) is 2.58. The molecule has 3 heterocycles. The molecule has 7 heteroatoms. The lowest BCUT2D eigenvalue weighted by Gasteiger charge is -2.30. The van der Waals surface area contributed by atoms with E-state index in [1.54, 1.807) is 0 Å². The number of carbonyl (C=O) groups is 1. The smallest absolute Gasteiger partial charge is 0.323 e. The Morgan fingerprint density at radius 1 is 1.38 bits per heavy atom. The van der Waals surface area contributed by atoms with Crippen molar-refractivity contribution in [1.82, 2.24) is 14.9 Å². The molecule has 6 nitrogen and oxygen atoms in total. The van der Waals surface area contributed by atoms with E-state index in [-0.39, 0.29) is 11.9 Å². The van der Waals surface area contributed by atoms with Crippen LogP contribution in [0.3, 0.4) is 0 Å². The average Bonchev–Trinajstić information content (AvgIpc) is 3.21. The minimum atomic E-state index is -0.106. The van der Waals surface area contributed by atoms with Gasteiger partial charge in [0, 0.05) is 18.5 Å². The van der Waals surface area contributed by atoms with Gasteiger partial charge in [0.15, 0.2) is 16.6 Å². The number of urea groups is 1. The molecule has 0 saturated carbocycles. The number of amides is 2. The standard InChI is InChI=1S/C17H18N4O2S/c1-11-10-24-16(18-11)20-17(22)21-8-4-5-12(9-21)15-19-13-6-2-3-7-14(13)23-15/h2-3,6-7,10,12H,4-5,8-9H2,1H3,(H,18,20,22). The van der Waals surface area contributed by atoms with E-state index in [1.807, 2.05) is 41.5 Å². The first-order chi connectivity index (χ1) is 11.7. The highest BCUT2D eigenvalue weighted by molar-refractivity contribution is 7.13. The van der Waals surface area contributed by atoms with Gasteiger partial charge in [0.25, 0.3) is 0 Å². The molecule has 1 N–H and O–H groups in total. The van der Waals surface area contributed by atoms with Gasteiger partial charge >= 0.3 is 6.03 Å². The lowest BCUT2D eigenvalue weighted by molar-refractivity contribution is 0.187. The molecule has 2 amide bonds. The van der Waals surface area contributed by atoms with Gasteiger partial charge in [-0.15, -0.1) is 11.3 Å². The third-order valence-corrected chi connectivity index (χ3v) is 5.08. The molecule has 1 fully saturated rings. The summed E-state index contributed by atoms with van der Waals surface area (Å²) in [6.45, 7) is 3.27. The Hall–Kier alpha value is -2.41. The van der Waals surface area contributed by atoms with Gasteiger partial charge in [0.05, 0.1) is 11.6 Å². The molecule has 3 aromatic rings. The summed E-state index contributed by atoms with van der Waals surface area (Å²) in [6.07, 6.45) is 1.92. The minimum absolute atomic E-state index is 0.106. The Bertz CT molecular complexity index is 839. The van der Waals surface area contributed by atoms with E-state index in [1.165, 1.54) is 11.3 Å². The fourth-order valence-electron chi connectivity index (χ4n) is 3.01. The Labute approximate surface area is 143 Å². The third-order valence-electron chi connectivity index (χ3n) is 4.20. The summed E-state index contributed by atoms with van der Waals surface area (Å²) in [5.74, 6) is 0.855. The predicted molar refractivity (Wildman–Crippen MR) is 93.4 cm³/mol.